The lowest BCUT2D eigenvalue weighted by atomic mass is 9.99. The van der Waals surface area contributed by atoms with Crippen LogP contribution in [0.5, 0.6) is 5.75 Å². The molecule has 0 saturated carbocycles. The van der Waals surface area contributed by atoms with Crippen LogP contribution in [0.1, 0.15) is 29.2 Å². The molecule has 0 unspecified atom stereocenters. The lowest BCUT2D eigenvalue weighted by molar-refractivity contribution is -0.111. The fraction of sp³-hybridized carbons (Fsp3) is 0.100. The second-order valence-corrected chi connectivity index (χ2v) is 8.05. The number of allylic oxidation sites excluding steroid dienone is 1. The molecule has 3 heteroatoms. The van der Waals surface area contributed by atoms with E-state index in [9.17, 15) is 9.90 Å². The molecular weight excluding hydrogens is 406 g/mol. The van der Waals surface area contributed by atoms with Gasteiger partial charge in [-0.05, 0) is 41.8 Å². The van der Waals surface area contributed by atoms with Gasteiger partial charge in [0.05, 0.1) is 0 Å². The van der Waals surface area contributed by atoms with Crippen molar-refractivity contribution in [2.24, 2.45) is 0 Å². The van der Waals surface area contributed by atoms with Crippen molar-refractivity contribution in [3.05, 3.63) is 131 Å². The van der Waals surface area contributed by atoms with Gasteiger partial charge in [0.15, 0.2) is 5.78 Å². The molecule has 164 valence electrons. The molecule has 0 fully saturated rings. The molecule has 0 heterocycles. The topological polar surface area (TPSA) is 40.5 Å². The average molecular weight is 434 g/mol. The maximum atomic E-state index is 12.3. The third-order valence-corrected chi connectivity index (χ3v) is 5.58. The van der Waals surface area contributed by atoms with Crippen LogP contribution in [-0.2, 0) is 17.9 Å². The van der Waals surface area contributed by atoms with Crippen molar-refractivity contribution in [1.82, 2.24) is 0 Å². The van der Waals surface area contributed by atoms with Crippen molar-refractivity contribution >= 4 is 23.1 Å². The summed E-state index contributed by atoms with van der Waals surface area (Å²) in [6, 6.07) is 35.8. The molecule has 4 aromatic rings. The van der Waals surface area contributed by atoms with Crippen LogP contribution in [0, 0.1) is 0 Å². The van der Waals surface area contributed by atoms with Gasteiger partial charge in [-0.1, -0.05) is 91.0 Å². The first-order valence-corrected chi connectivity index (χ1v) is 11.0. The highest BCUT2D eigenvalue weighted by Crippen LogP contribution is 2.30. The normalized spacial score (nSPS) is 11.2. The van der Waals surface area contributed by atoms with Gasteiger partial charge in [0.1, 0.15) is 5.75 Å². The van der Waals surface area contributed by atoms with Gasteiger partial charge in [-0.25, -0.2) is 0 Å². The van der Waals surface area contributed by atoms with Crippen molar-refractivity contribution in [2.45, 2.75) is 20.0 Å². The molecule has 4 rings (SSSR count). The lowest BCUT2D eigenvalue weighted by Gasteiger charge is -2.26. The van der Waals surface area contributed by atoms with Crippen molar-refractivity contribution in [3.63, 3.8) is 0 Å². The second-order valence-electron chi connectivity index (χ2n) is 8.05. The highest BCUT2D eigenvalue weighted by molar-refractivity contribution is 6.24. The van der Waals surface area contributed by atoms with E-state index in [1.165, 1.54) is 11.1 Å². The van der Waals surface area contributed by atoms with Gasteiger partial charge in [-0.15, -0.1) is 0 Å². The van der Waals surface area contributed by atoms with Gasteiger partial charge in [-0.3, -0.25) is 4.79 Å². The summed E-state index contributed by atoms with van der Waals surface area (Å²) in [6.07, 6.45) is 1.76. The predicted octanol–water partition coefficient (Wildman–Crippen LogP) is 6.73. The minimum Gasteiger partial charge on any atom is -0.507 e. The highest BCUT2D eigenvalue weighted by Gasteiger charge is 2.13. The van der Waals surface area contributed by atoms with Crippen LogP contribution in [0.2, 0.25) is 0 Å². The quantitative estimate of drug-likeness (QED) is 0.247. The maximum Gasteiger partial charge on any atom is 0.160 e. The van der Waals surface area contributed by atoms with Crippen molar-refractivity contribution < 1.29 is 9.90 Å². The van der Waals surface area contributed by atoms with Gasteiger partial charge in [0, 0.05) is 36.0 Å². The molecule has 0 atom stereocenters. The molecule has 33 heavy (non-hydrogen) atoms. The Kier molecular flexibility index (Phi) is 7.01. The van der Waals surface area contributed by atoms with Crippen molar-refractivity contribution in [1.29, 1.82) is 0 Å². The van der Waals surface area contributed by atoms with Gasteiger partial charge in [-0.2, -0.15) is 0 Å². The number of hydrogen-bond acceptors (Lipinski definition) is 3. The number of carbonyl (C=O) groups is 1. The number of nitrogens with zero attached hydrogens (tertiary/aromatic N) is 1. The van der Waals surface area contributed by atoms with Crippen LogP contribution in [0.15, 0.2) is 109 Å². The van der Waals surface area contributed by atoms with Gasteiger partial charge in [0.25, 0.3) is 0 Å². The standard InChI is InChI=1S/C30H27NO2/c1-23(32)29(26-15-9-4-10-16-26)19-27-17-18-28(20-30(27)33)31(21-24-11-5-2-6-12-24)22-25-13-7-3-8-14-25/h2-20,33H,21-22H2,1H3. The highest BCUT2D eigenvalue weighted by atomic mass is 16.3. The first-order chi connectivity index (χ1) is 16.1. The molecule has 1 N–H and O–H groups in total. The Morgan fingerprint density at radius 2 is 1.27 bits per heavy atom. The van der Waals surface area contributed by atoms with E-state index in [0.29, 0.717) is 24.2 Å². The predicted molar refractivity (Wildman–Crippen MR) is 136 cm³/mol. The SMILES string of the molecule is CC(=O)C(=Cc1ccc(N(Cc2ccccc2)Cc2ccccc2)cc1O)c1ccccc1. The van der Waals surface area contributed by atoms with Crippen molar-refractivity contribution in [3.8, 4) is 5.75 Å². The van der Waals surface area contributed by atoms with E-state index in [0.717, 1.165) is 11.3 Å². The number of phenols is 1. The number of ketones is 1. The molecule has 0 aliphatic rings. The number of hydrogen-bond donors (Lipinski definition) is 1. The smallest absolute Gasteiger partial charge is 0.160 e. The summed E-state index contributed by atoms with van der Waals surface area (Å²) in [6.45, 7) is 2.98. The largest absolute Gasteiger partial charge is 0.507 e. The summed E-state index contributed by atoms with van der Waals surface area (Å²) in [7, 11) is 0. The zero-order valence-electron chi connectivity index (χ0n) is 18.7. The maximum absolute atomic E-state index is 12.3. The summed E-state index contributed by atoms with van der Waals surface area (Å²) >= 11 is 0. The molecule has 0 amide bonds. The average Bonchev–Trinajstić information content (AvgIpc) is 2.84. The van der Waals surface area contributed by atoms with E-state index >= 15 is 0 Å². The summed E-state index contributed by atoms with van der Waals surface area (Å²) < 4.78 is 0. The summed E-state index contributed by atoms with van der Waals surface area (Å²) in [5.74, 6) is 0.104. The Morgan fingerprint density at radius 1 is 0.758 bits per heavy atom. The molecule has 3 nitrogen and oxygen atoms in total. The number of rotatable bonds is 8. The molecule has 0 spiro atoms. The first kappa shape index (κ1) is 22.1. The van der Waals surface area contributed by atoms with Crippen LogP contribution >= 0.6 is 0 Å². The van der Waals surface area contributed by atoms with E-state index in [-0.39, 0.29) is 11.5 Å². The number of Topliss-reactive ketones (excluding diaryl/α,β-unsaturated/α-hetero) is 1. The van der Waals surface area contributed by atoms with E-state index in [4.69, 9.17) is 0 Å². The minimum absolute atomic E-state index is 0.0422. The van der Waals surface area contributed by atoms with Crippen LogP contribution in [0.4, 0.5) is 5.69 Å². The Hall–Kier alpha value is -4.11. The fourth-order valence-corrected chi connectivity index (χ4v) is 3.86. The third kappa shape index (κ3) is 5.78. The molecule has 0 aliphatic heterocycles. The Morgan fingerprint density at radius 3 is 1.76 bits per heavy atom. The number of anilines is 1. The second kappa shape index (κ2) is 10.5. The third-order valence-electron chi connectivity index (χ3n) is 5.58. The number of aromatic hydroxyl groups is 1. The molecule has 0 saturated heterocycles. The Balaban J connectivity index is 1.67. The molecule has 4 aromatic carbocycles. The number of carbonyl (C=O) groups excluding carboxylic acids is 1. The van der Waals surface area contributed by atoms with Gasteiger partial charge >= 0.3 is 0 Å². The van der Waals surface area contributed by atoms with E-state index in [2.05, 4.69) is 29.2 Å². The van der Waals surface area contributed by atoms with E-state index < -0.39 is 0 Å². The van der Waals surface area contributed by atoms with Crippen LogP contribution in [0.3, 0.4) is 0 Å². The zero-order chi connectivity index (χ0) is 23.0. The molecule has 0 radical (unpaired) electrons. The monoisotopic (exact) mass is 433 g/mol. The summed E-state index contributed by atoms with van der Waals surface area (Å²) in [5.41, 5.74) is 5.33. The van der Waals surface area contributed by atoms with Crippen LogP contribution in [-0.4, -0.2) is 10.9 Å². The molecule has 0 aromatic heterocycles. The molecule has 0 bridgehead atoms. The zero-order valence-corrected chi connectivity index (χ0v) is 18.7. The summed E-state index contributed by atoms with van der Waals surface area (Å²) in [5, 5.41) is 10.9. The van der Waals surface area contributed by atoms with Crippen LogP contribution in [0.25, 0.3) is 11.6 Å². The Labute approximate surface area is 195 Å². The van der Waals surface area contributed by atoms with Crippen molar-refractivity contribution in [2.75, 3.05) is 4.90 Å². The Bertz CT molecular complexity index is 1190. The van der Waals surface area contributed by atoms with E-state index in [1.54, 1.807) is 19.1 Å². The number of phenolic OH excluding ortho intramolecular Hbond substituents is 1. The van der Waals surface area contributed by atoms with Gasteiger partial charge in [0.2, 0.25) is 0 Å². The first-order valence-electron chi connectivity index (χ1n) is 11.0. The fourth-order valence-electron chi connectivity index (χ4n) is 3.86. The molecule has 0 aliphatic carbocycles. The minimum atomic E-state index is -0.0422. The van der Waals surface area contributed by atoms with E-state index in [1.807, 2.05) is 78.9 Å². The molecular formula is C30H27NO2. The number of benzene rings is 4. The van der Waals surface area contributed by atoms with Crippen LogP contribution < -0.4 is 4.90 Å². The summed E-state index contributed by atoms with van der Waals surface area (Å²) in [4.78, 5) is 14.5. The lowest BCUT2D eigenvalue weighted by Crippen LogP contribution is -2.22. The van der Waals surface area contributed by atoms with Gasteiger partial charge < -0.3 is 10.0 Å².